The van der Waals surface area contributed by atoms with Gasteiger partial charge in [0, 0.05) is 19.1 Å². The van der Waals surface area contributed by atoms with Gasteiger partial charge in [-0.2, -0.15) is 0 Å². The Kier molecular flexibility index (Phi) is 9.44. The quantitative estimate of drug-likeness (QED) is 0.642. The van der Waals surface area contributed by atoms with Gasteiger partial charge in [-0.1, -0.05) is 44.2 Å². The average Bonchev–Trinajstić information content (AvgIpc) is 2.66. The molecule has 0 spiro atoms. The zero-order chi connectivity index (χ0) is 20.4. The Bertz CT molecular complexity index is 600. The highest BCUT2D eigenvalue weighted by Gasteiger charge is 2.23. The molecule has 28 heavy (non-hydrogen) atoms. The summed E-state index contributed by atoms with van der Waals surface area (Å²) in [6.07, 6.45) is 2.24. The van der Waals surface area contributed by atoms with Crippen LogP contribution in [0.2, 0.25) is 0 Å². The lowest BCUT2D eigenvalue weighted by atomic mass is 10.0. The van der Waals surface area contributed by atoms with Crippen molar-refractivity contribution in [2.24, 2.45) is 5.92 Å². The van der Waals surface area contributed by atoms with Gasteiger partial charge < -0.3 is 15.4 Å². The average molecular weight is 390 g/mol. The smallest absolute Gasteiger partial charge is 0.242 e. The summed E-state index contributed by atoms with van der Waals surface area (Å²) in [6.45, 7) is 9.40. The number of hydrogen-bond acceptors (Lipinski definition) is 4. The van der Waals surface area contributed by atoms with Gasteiger partial charge in [0.05, 0.1) is 19.8 Å². The molecule has 2 N–H and O–H groups in total. The summed E-state index contributed by atoms with van der Waals surface area (Å²) in [5.74, 6) is 0.306. The van der Waals surface area contributed by atoms with E-state index in [1.54, 1.807) is 0 Å². The van der Waals surface area contributed by atoms with Crippen molar-refractivity contribution in [2.45, 2.75) is 52.1 Å². The van der Waals surface area contributed by atoms with E-state index in [0.717, 1.165) is 31.5 Å². The fraction of sp³-hybridized carbons (Fsp3) is 0.636. The van der Waals surface area contributed by atoms with Crippen LogP contribution >= 0.6 is 0 Å². The molecular weight excluding hydrogens is 354 g/mol. The van der Waals surface area contributed by atoms with Gasteiger partial charge in [-0.05, 0) is 37.7 Å². The molecule has 1 aliphatic heterocycles. The van der Waals surface area contributed by atoms with Crippen LogP contribution in [0.4, 0.5) is 0 Å². The highest BCUT2D eigenvalue weighted by atomic mass is 16.5. The van der Waals surface area contributed by atoms with Gasteiger partial charge in [0.1, 0.15) is 6.04 Å². The minimum atomic E-state index is -0.525. The summed E-state index contributed by atoms with van der Waals surface area (Å²) >= 11 is 0. The molecule has 0 aliphatic carbocycles. The molecule has 0 saturated carbocycles. The molecule has 0 bridgehead atoms. The van der Waals surface area contributed by atoms with E-state index in [2.05, 4.69) is 29.4 Å². The van der Waals surface area contributed by atoms with Crippen molar-refractivity contribution in [3.8, 4) is 0 Å². The van der Waals surface area contributed by atoms with Crippen LogP contribution in [0.1, 0.15) is 39.2 Å². The number of nitrogens with one attached hydrogen (secondary N) is 2. The maximum absolute atomic E-state index is 12.8. The number of amides is 2. The molecule has 2 atom stereocenters. The van der Waals surface area contributed by atoms with Crippen molar-refractivity contribution in [1.29, 1.82) is 0 Å². The molecule has 6 heteroatoms. The number of rotatable bonds is 10. The minimum Gasteiger partial charge on any atom is -0.379 e. The summed E-state index contributed by atoms with van der Waals surface area (Å²) < 4.78 is 5.33. The lowest BCUT2D eigenvalue weighted by Crippen LogP contribution is -2.52. The maximum Gasteiger partial charge on any atom is 0.242 e. The third-order valence-electron chi connectivity index (χ3n) is 4.90. The van der Waals surface area contributed by atoms with Crippen LogP contribution in [0.5, 0.6) is 0 Å². The van der Waals surface area contributed by atoms with Gasteiger partial charge in [0.15, 0.2) is 0 Å². The molecule has 2 rings (SSSR count). The Balaban J connectivity index is 1.93. The number of ether oxygens (including phenoxy) is 1. The first-order chi connectivity index (χ1) is 13.4. The van der Waals surface area contributed by atoms with Crippen LogP contribution in [0, 0.1) is 5.92 Å². The Morgan fingerprint density at radius 2 is 1.75 bits per heavy atom. The van der Waals surface area contributed by atoms with Crippen LogP contribution < -0.4 is 10.6 Å². The molecule has 156 valence electrons. The topological polar surface area (TPSA) is 70.7 Å². The fourth-order valence-corrected chi connectivity index (χ4v) is 3.54. The number of carbonyl (C=O) groups excluding carboxylic acids is 2. The van der Waals surface area contributed by atoms with E-state index in [9.17, 15) is 9.59 Å². The van der Waals surface area contributed by atoms with E-state index < -0.39 is 6.04 Å². The minimum absolute atomic E-state index is 0.0860. The molecule has 0 aromatic heterocycles. The first kappa shape index (κ1) is 22.4. The van der Waals surface area contributed by atoms with Crippen LogP contribution in [0.15, 0.2) is 30.3 Å². The van der Waals surface area contributed by atoms with Crippen molar-refractivity contribution in [3.05, 3.63) is 35.9 Å². The largest absolute Gasteiger partial charge is 0.379 e. The normalized spacial score (nSPS) is 17.1. The molecule has 1 aromatic carbocycles. The first-order valence-corrected chi connectivity index (χ1v) is 10.4. The number of carbonyl (C=O) groups is 2. The van der Waals surface area contributed by atoms with E-state index in [1.165, 1.54) is 0 Å². The van der Waals surface area contributed by atoms with Crippen molar-refractivity contribution in [1.82, 2.24) is 15.5 Å². The van der Waals surface area contributed by atoms with Crippen molar-refractivity contribution in [2.75, 3.05) is 32.8 Å². The van der Waals surface area contributed by atoms with E-state index in [-0.39, 0.29) is 17.9 Å². The third kappa shape index (κ3) is 8.40. The van der Waals surface area contributed by atoms with Gasteiger partial charge in [-0.25, -0.2) is 0 Å². The predicted molar refractivity (Wildman–Crippen MR) is 111 cm³/mol. The fourth-order valence-electron chi connectivity index (χ4n) is 3.54. The molecular formula is C22H35N3O3. The summed E-state index contributed by atoms with van der Waals surface area (Å²) in [5.41, 5.74) is 1.16. The predicted octanol–water partition coefficient (Wildman–Crippen LogP) is 1.99. The lowest BCUT2D eigenvalue weighted by Gasteiger charge is -2.27. The Morgan fingerprint density at radius 3 is 2.39 bits per heavy atom. The molecule has 0 unspecified atom stereocenters. The molecule has 1 saturated heterocycles. The number of nitrogens with zero attached hydrogens (tertiary/aromatic N) is 1. The zero-order valence-corrected chi connectivity index (χ0v) is 17.4. The van der Waals surface area contributed by atoms with E-state index in [4.69, 9.17) is 4.74 Å². The Labute approximate surface area is 169 Å². The van der Waals surface area contributed by atoms with Crippen molar-refractivity contribution >= 4 is 11.8 Å². The molecule has 1 aliphatic rings. The summed E-state index contributed by atoms with van der Waals surface area (Å²) in [5, 5.41) is 6.03. The standard InChI is InChI=1S/C22H35N3O3/c1-17(2)15-18(3)23-22(27)20(10-9-19-7-5-4-6-8-19)24-21(26)16-25-11-13-28-14-12-25/h4-8,17-18,20H,9-16H2,1-3H3,(H,23,27)(H,24,26)/t18-,20-/m0/s1. The third-order valence-corrected chi connectivity index (χ3v) is 4.90. The van der Waals surface area contributed by atoms with Gasteiger partial charge in [0.2, 0.25) is 11.8 Å². The molecule has 0 radical (unpaired) electrons. The molecule has 1 heterocycles. The second kappa shape index (κ2) is 11.8. The van der Waals surface area contributed by atoms with Crippen LogP contribution in [-0.2, 0) is 20.7 Å². The van der Waals surface area contributed by atoms with Crippen molar-refractivity contribution in [3.63, 3.8) is 0 Å². The second-order valence-corrected chi connectivity index (χ2v) is 8.07. The maximum atomic E-state index is 12.8. The highest BCUT2D eigenvalue weighted by molar-refractivity contribution is 5.88. The Hall–Kier alpha value is -1.92. The van der Waals surface area contributed by atoms with E-state index in [0.29, 0.717) is 32.1 Å². The summed E-state index contributed by atoms with van der Waals surface area (Å²) in [6, 6.07) is 9.62. The number of hydrogen-bond donors (Lipinski definition) is 2. The van der Waals surface area contributed by atoms with Crippen molar-refractivity contribution < 1.29 is 14.3 Å². The highest BCUT2D eigenvalue weighted by Crippen LogP contribution is 2.08. The SMILES string of the molecule is CC(C)C[C@H](C)NC(=O)[C@H](CCc1ccccc1)NC(=O)CN1CCOCC1. The van der Waals surface area contributed by atoms with Gasteiger partial charge in [-0.15, -0.1) is 0 Å². The van der Waals surface area contributed by atoms with Gasteiger partial charge >= 0.3 is 0 Å². The van der Waals surface area contributed by atoms with E-state index >= 15 is 0 Å². The first-order valence-electron chi connectivity index (χ1n) is 10.4. The molecule has 2 amide bonds. The number of aryl methyl sites for hydroxylation is 1. The Morgan fingerprint density at radius 1 is 1.07 bits per heavy atom. The van der Waals surface area contributed by atoms with Crippen LogP contribution in [0.25, 0.3) is 0 Å². The monoisotopic (exact) mass is 389 g/mol. The van der Waals surface area contributed by atoms with Gasteiger partial charge in [0.25, 0.3) is 0 Å². The molecule has 1 fully saturated rings. The number of benzene rings is 1. The van der Waals surface area contributed by atoms with Crippen LogP contribution in [-0.4, -0.2) is 61.6 Å². The van der Waals surface area contributed by atoms with E-state index in [1.807, 2.05) is 37.3 Å². The summed E-state index contributed by atoms with van der Waals surface area (Å²) in [7, 11) is 0. The molecule has 6 nitrogen and oxygen atoms in total. The lowest BCUT2D eigenvalue weighted by molar-refractivity contribution is -0.130. The zero-order valence-electron chi connectivity index (χ0n) is 17.4. The summed E-state index contributed by atoms with van der Waals surface area (Å²) in [4.78, 5) is 27.4. The molecule has 1 aromatic rings. The second-order valence-electron chi connectivity index (χ2n) is 8.07. The number of morpholine rings is 1. The van der Waals surface area contributed by atoms with Gasteiger partial charge in [-0.3, -0.25) is 14.5 Å². The van der Waals surface area contributed by atoms with Crippen LogP contribution in [0.3, 0.4) is 0 Å².